The number of rotatable bonds is 4. The number of hydrogen-bond donors (Lipinski definition) is 1. The van der Waals surface area contributed by atoms with Crippen molar-refractivity contribution in [1.29, 1.82) is 0 Å². The van der Waals surface area contributed by atoms with Crippen molar-refractivity contribution in [3.05, 3.63) is 65.7 Å². The minimum absolute atomic E-state index is 0.146. The van der Waals surface area contributed by atoms with Gasteiger partial charge in [0.05, 0.1) is 6.54 Å². The fourth-order valence-electron chi connectivity index (χ4n) is 3.96. The molecule has 4 rings (SSSR count). The van der Waals surface area contributed by atoms with Gasteiger partial charge in [-0.05, 0) is 36.1 Å². The highest BCUT2D eigenvalue weighted by Gasteiger charge is 2.24. The Balaban J connectivity index is 1.29. The normalized spacial score (nSPS) is 20.3. The van der Waals surface area contributed by atoms with Crippen LogP contribution >= 0.6 is 0 Å². The zero-order valence-corrected chi connectivity index (χ0v) is 14.5. The fourth-order valence-corrected chi connectivity index (χ4v) is 3.96. The third kappa shape index (κ3) is 3.85. The Morgan fingerprint density at radius 3 is 2.40 bits per heavy atom. The molecule has 0 spiro atoms. The van der Waals surface area contributed by atoms with Crippen LogP contribution in [0.1, 0.15) is 24.0 Å². The van der Waals surface area contributed by atoms with E-state index >= 15 is 0 Å². The SMILES string of the molecule is O=C(CN1Cc2ccccc2C1)N[C@H]1CCCN(c2ccccc2)C1. The Morgan fingerprint density at radius 1 is 1.00 bits per heavy atom. The van der Waals surface area contributed by atoms with Crippen LogP contribution in [0.3, 0.4) is 0 Å². The summed E-state index contributed by atoms with van der Waals surface area (Å²) in [5, 5.41) is 3.25. The van der Waals surface area contributed by atoms with E-state index in [1.165, 1.54) is 16.8 Å². The van der Waals surface area contributed by atoms with E-state index in [0.717, 1.165) is 39.0 Å². The molecule has 2 aromatic carbocycles. The van der Waals surface area contributed by atoms with Gasteiger partial charge in [-0.1, -0.05) is 42.5 Å². The molecule has 0 radical (unpaired) electrons. The zero-order chi connectivity index (χ0) is 17.1. The van der Waals surface area contributed by atoms with Gasteiger partial charge in [0.15, 0.2) is 0 Å². The maximum Gasteiger partial charge on any atom is 0.234 e. The molecule has 4 heteroatoms. The van der Waals surface area contributed by atoms with Gasteiger partial charge in [-0.15, -0.1) is 0 Å². The van der Waals surface area contributed by atoms with Crippen LogP contribution in [0.2, 0.25) is 0 Å². The Kier molecular flexibility index (Phi) is 4.70. The number of nitrogens with zero attached hydrogens (tertiary/aromatic N) is 2. The number of anilines is 1. The number of carbonyl (C=O) groups excluding carboxylic acids is 1. The zero-order valence-electron chi connectivity index (χ0n) is 14.5. The standard InChI is InChI=1S/C21H25N3O/c25-21(16-23-13-17-7-4-5-8-18(17)14-23)22-19-9-6-12-24(15-19)20-10-2-1-3-11-20/h1-5,7-8,10-11,19H,6,9,12-16H2,(H,22,25)/t19-/m0/s1. The second kappa shape index (κ2) is 7.28. The Labute approximate surface area is 149 Å². The van der Waals surface area contributed by atoms with Gasteiger partial charge >= 0.3 is 0 Å². The minimum Gasteiger partial charge on any atom is -0.369 e. The molecule has 1 N–H and O–H groups in total. The summed E-state index contributed by atoms with van der Waals surface area (Å²) in [7, 11) is 0. The number of para-hydroxylation sites is 1. The smallest absolute Gasteiger partial charge is 0.234 e. The molecule has 25 heavy (non-hydrogen) atoms. The van der Waals surface area contributed by atoms with Gasteiger partial charge in [-0.2, -0.15) is 0 Å². The van der Waals surface area contributed by atoms with E-state index in [9.17, 15) is 4.79 Å². The summed E-state index contributed by atoms with van der Waals surface area (Å²) < 4.78 is 0. The van der Waals surface area contributed by atoms with Crippen LogP contribution in [0, 0.1) is 0 Å². The molecular weight excluding hydrogens is 310 g/mol. The van der Waals surface area contributed by atoms with Crippen LogP contribution in [0.25, 0.3) is 0 Å². The molecule has 1 fully saturated rings. The summed E-state index contributed by atoms with van der Waals surface area (Å²) >= 11 is 0. The molecule has 130 valence electrons. The number of hydrogen-bond acceptors (Lipinski definition) is 3. The van der Waals surface area contributed by atoms with Crippen molar-refractivity contribution in [2.75, 3.05) is 24.5 Å². The summed E-state index contributed by atoms with van der Waals surface area (Å²) in [6.45, 7) is 4.21. The first-order chi connectivity index (χ1) is 12.3. The highest BCUT2D eigenvalue weighted by atomic mass is 16.2. The lowest BCUT2D eigenvalue weighted by Gasteiger charge is -2.35. The van der Waals surface area contributed by atoms with E-state index in [1.54, 1.807) is 0 Å². The van der Waals surface area contributed by atoms with Crippen LogP contribution in [-0.2, 0) is 17.9 Å². The summed E-state index contributed by atoms with van der Waals surface area (Å²) in [5.74, 6) is 0.146. The largest absolute Gasteiger partial charge is 0.369 e. The van der Waals surface area contributed by atoms with Crippen molar-refractivity contribution in [1.82, 2.24) is 10.2 Å². The van der Waals surface area contributed by atoms with E-state index in [-0.39, 0.29) is 11.9 Å². The van der Waals surface area contributed by atoms with Crippen LogP contribution in [0.4, 0.5) is 5.69 Å². The van der Waals surface area contributed by atoms with Crippen molar-refractivity contribution < 1.29 is 4.79 Å². The molecule has 0 bridgehead atoms. The van der Waals surface area contributed by atoms with Crippen LogP contribution in [-0.4, -0.2) is 36.5 Å². The highest BCUT2D eigenvalue weighted by molar-refractivity contribution is 5.78. The molecule has 1 amide bonds. The van der Waals surface area contributed by atoms with Gasteiger partial charge in [0, 0.05) is 37.9 Å². The van der Waals surface area contributed by atoms with Crippen LogP contribution in [0.5, 0.6) is 0 Å². The minimum atomic E-state index is 0.146. The van der Waals surface area contributed by atoms with Crippen molar-refractivity contribution in [3.8, 4) is 0 Å². The lowest BCUT2D eigenvalue weighted by Crippen LogP contribution is -2.49. The van der Waals surface area contributed by atoms with Gasteiger partial charge in [-0.25, -0.2) is 0 Å². The predicted molar refractivity (Wildman–Crippen MR) is 100 cm³/mol. The number of amides is 1. The number of piperidine rings is 1. The summed E-state index contributed by atoms with van der Waals surface area (Å²) in [6, 6.07) is 19.2. The van der Waals surface area contributed by atoms with Crippen molar-refractivity contribution in [3.63, 3.8) is 0 Å². The molecule has 0 saturated carbocycles. The third-order valence-electron chi connectivity index (χ3n) is 5.18. The second-order valence-corrected chi connectivity index (χ2v) is 7.10. The lowest BCUT2D eigenvalue weighted by molar-refractivity contribution is -0.123. The van der Waals surface area contributed by atoms with E-state index in [0.29, 0.717) is 6.54 Å². The first kappa shape index (κ1) is 16.2. The average molecular weight is 335 g/mol. The van der Waals surface area contributed by atoms with Crippen molar-refractivity contribution >= 4 is 11.6 Å². The number of nitrogens with one attached hydrogen (secondary N) is 1. The Bertz CT molecular complexity index is 706. The quantitative estimate of drug-likeness (QED) is 0.933. The number of fused-ring (bicyclic) bond motifs is 1. The van der Waals surface area contributed by atoms with Gasteiger partial charge in [0.2, 0.25) is 5.91 Å². The van der Waals surface area contributed by atoms with Gasteiger partial charge in [-0.3, -0.25) is 9.69 Å². The molecular formula is C21H25N3O. The molecule has 2 aliphatic rings. The monoisotopic (exact) mass is 335 g/mol. The van der Waals surface area contributed by atoms with Crippen molar-refractivity contribution in [2.24, 2.45) is 0 Å². The van der Waals surface area contributed by atoms with E-state index in [4.69, 9.17) is 0 Å². The summed E-state index contributed by atoms with van der Waals surface area (Å²) in [4.78, 5) is 17.1. The average Bonchev–Trinajstić information content (AvgIpc) is 3.04. The maximum absolute atomic E-state index is 12.5. The second-order valence-electron chi connectivity index (χ2n) is 7.10. The lowest BCUT2D eigenvalue weighted by atomic mass is 10.0. The van der Waals surface area contributed by atoms with E-state index in [1.807, 2.05) is 6.07 Å². The van der Waals surface area contributed by atoms with Gasteiger partial charge in [0.1, 0.15) is 0 Å². The van der Waals surface area contributed by atoms with Gasteiger partial charge in [0.25, 0.3) is 0 Å². The molecule has 0 unspecified atom stereocenters. The van der Waals surface area contributed by atoms with E-state index < -0.39 is 0 Å². The summed E-state index contributed by atoms with van der Waals surface area (Å²) in [6.07, 6.45) is 2.18. The third-order valence-corrected chi connectivity index (χ3v) is 5.18. The van der Waals surface area contributed by atoms with Crippen LogP contribution in [0.15, 0.2) is 54.6 Å². The molecule has 1 atom stereocenters. The Morgan fingerprint density at radius 2 is 1.68 bits per heavy atom. The fraction of sp³-hybridized carbons (Fsp3) is 0.381. The summed E-state index contributed by atoms with van der Waals surface area (Å²) in [5.41, 5.74) is 3.95. The maximum atomic E-state index is 12.5. The van der Waals surface area contributed by atoms with E-state index in [2.05, 4.69) is 63.6 Å². The van der Waals surface area contributed by atoms with Gasteiger partial charge < -0.3 is 10.2 Å². The molecule has 2 aliphatic heterocycles. The molecule has 2 aromatic rings. The highest BCUT2D eigenvalue weighted by Crippen LogP contribution is 2.22. The van der Waals surface area contributed by atoms with Crippen LogP contribution < -0.4 is 10.2 Å². The molecule has 2 heterocycles. The first-order valence-corrected chi connectivity index (χ1v) is 9.16. The number of carbonyl (C=O) groups is 1. The molecule has 1 saturated heterocycles. The Hall–Kier alpha value is -2.33. The first-order valence-electron chi connectivity index (χ1n) is 9.16. The predicted octanol–water partition coefficient (Wildman–Crippen LogP) is 2.79. The van der Waals surface area contributed by atoms with Crippen molar-refractivity contribution in [2.45, 2.75) is 32.0 Å². The topological polar surface area (TPSA) is 35.6 Å². The molecule has 0 aliphatic carbocycles. The molecule has 4 nitrogen and oxygen atoms in total. The number of benzene rings is 2. The molecule has 0 aromatic heterocycles.